The molecule has 1 fully saturated rings. The lowest BCUT2D eigenvalue weighted by Gasteiger charge is -2.47. The third-order valence-corrected chi connectivity index (χ3v) is 4.73. The van der Waals surface area contributed by atoms with Gasteiger partial charge in [0.25, 0.3) is 0 Å². The Bertz CT molecular complexity index is 1080. The van der Waals surface area contributed by atoms with Crippen LogP contribution in [0.4, 0.5) is 10.2 Å². The van der Waals surface area contributed by atoms with E-state index in [0.29, 0.717) is 30.1 Å². The van der Waals surface area contributed by atoms with Crippen molar-refractivity contribution in [2.24, 2.45) is 0 Å². The molecule has 1 aliphatic heterocycles. The van der Waals surface area contributed by atoms with Gasteiger partial charge in [0.2, 0.25) is 0 Å². The average molecular weight is 335 g/mol. The molecule has 4 aromatic rings. The van der Waals surface area contributed by atoms with Crippen LogP contribution in [-0.2, 0) is 5.60 Å². The number of β-amino-alcohol motifs (C(OH)–C–C–N with tert-alkyl or cyclic N) is 1. The predicted octanol–water partition coefficient (Wildman–Crippen LogP) is 3.22. The number of hydrogen-bond donors (Lipinski definition) is 1. The van der Waals surface area contributed by atoms with Crippen molar-refractivity contribution in [3.8, 4) is 0 Å². The molecule has 5 nitrogen and oxygen atoms in total. The van der Waals surface area contributed by atoms with E-state index in [1.54, 1.807) is 12.1 Å². The largest absolute Gasteiger partial charge is 0.450 e. The molecule has 0 amide bonds. The molecule has 0 unspecified atom stereocenters. The second kappa shape index (κ2) is 5.00. The molecule has 2 aromatic heterocycles. The summed E-state index contributed by atoms with van der Waals surface area (Å²) in [6.07, 6.45) is 1.51. The zero-order chi connectivity index (χ0) is 17.0. The van der Waals surface area contributed by atoms with E-state index in [9.17, 15) is 9.50 Å². The lowest BCUT2D eigenvalue weighted by atomic mass is 9.86. The van der Waals surface area contributed by atoms with Crippen molar-refractivity contribution in [1.82, 2.24) is 9.97 Å². The smallest absolute Gasteiger partial charge is 0.196 e. The summed E-state index contributed by atoms with van der Waals surface area (Å²) in [6.45, 7) is 0.726. The number of para-hydroxylation sites is 1. The summed E-state index contributed by atoms with van der Waals surface area (Å²) in [4.78, 5) is 10.6. The van der Waals surface area contributed by atoms with Gasteiger partial charge < -0.3 is 14.4 Å². The van der Waals surface area contributed by atoms with Crippen LogP contribution in [0.1, 0.15) is 5.56 Å². The van der Waals surface area contributed by atoms with Gasteiger partial charge in [0.05, 0.1) is 13.1 Å². The van der Waals surface area contributed by atoms with E-state index in [-0.39, 0.29) is 5.82 Å². The van der Waals surface area contributed by atoms with Crippen LogP contribution in [-0.4, -0.2) is 28.2 Å². The fourth-order valence-electron chi connectivity index (χ4n) is 3.41. The van der Waals surface area contributed by atoms with Gasteiger partial charge in [-0.25, -0.2) is 14.4 Å². The third kappa shape index (κ3) is 2.11. The van der Waals surface area contributed by atoms with E-state index in [2.05, 4.69) is 9.97 Å². The zero-order valence-electron chi connectivity index (χ0n) is 13.2. The number of fused-ring (bicyclic) bond motifs is 3. The van der Waals surface area contributed by atoms with E-state index in [1.807, 2.05) is 29.2 Å². The van der Waals surface area contributed by atoms with E-state index in [0.717, 1.165) is 16.5 Å². The lowest BCUT2D eigenvalue weighted by molar-refractivity contribution is 0.00709. The van der Waals surface area contributed by atoms with E-state index in [4.69, 9.17) is 4.42 Å². The van der Waals surface area contributed by atoms with E-state index >= 15 is 0 Å². The Morgan fingerprint density at radius 2 is 1.80 bits per heavy atom. The van der Waals surface area contributed by atoms with Crippen molar-refractivity contribution in [3.05, 3.63) is 66.2 Å². The number of nitrogens with zero attached hydrogens (tertiary/aromatic N) is 3. The van der Waals surface area contributed by atoms with Crippen LogP contribution < -0.4 is 4.90 Å². The number of hydrogen-bond acceptors (Lipinski definition) is 5. The number of halogens is 1. The van der Waals surface area contributed by atoms with Gasteiger partial charge in [-0.2, -0.15) is 0 Å². The lowest BCUT2D eigenvalue weighted by Crippen LogP contribution is -2.59. The van der Waals surface area contributed by atoms with Gasteiger partial charge in [-0.1, -0.05) is 24.3 Å². The average Bonchev–Trinajstić information content (AvgIpc) is 2.98. The number of benzene rings is 2. The van der Waals surface area contributed by atoms with Gasteiger partial charge >= 0.3 is 0 Å². The van der Waals surface area contributed by atoms with Crippen molar-refractivity contribution in [1.29, 1.82) is 0 Å². The highest BCUT2D eigenvalue weighted by Gasteiger charge is 2.44. The molecule has 0 saturated carbocycles. The number of aliphatic hydroxyl groups is 1. The summed E-state index contributed by atoms with van der Waals surface area (Å²) in [5, 5.41) is 11.7. The number of aromatic nitrogens is 2. The molecule has 1 aliphatic rings. The highest BCUT2D eigenvalue weighted by molar-refractivity contribution is 6.05. The second-order valence-electron chi connectivity index (χ2n) is 6.37. The predicted molar refractivity (Wildman–Crippen MR) is 91.8 cm³/mol. The fraction of sp³-hybridized carbons (Fsp3) is 0.158. The summed E-state index contributed by atoms with van der Waals surface area (Å²) in [6, 6.07) is 13.7. The van der Waals surface area contributed by atoms with E-state index in [1.165, 1.54) is 18.5 Å². The molecule has 25 heavy (non-hydrogen) atoms. The van der Waals surface area contributed by atoms with Gasteiger partial charge in [0, 0.05) is 5.39 Å². The minimum absolute atomic E-state index is 0.316. The molecule has 2 aromatic carbocycles. The third-order valence-electron chi connectivity index (χ3n) is 4.73. The first-order chi connectivity index (χ1) is 12.1. The highest BCUT2D eigenvalue weighted by atomic mass is 19.1. The maximum absolute atomic E-state index is 13.1. The maximum atomic E-state index is 13.1. The summed E-state index contributed by atoms with van der Waals surface area (Å²) < 4.78 is 19.0. The molecule has 6 heteroatoms. The molecule has 0 aliphatic carbocycles. The maximum Gasteiger partial charge on any atom is 0.196 e. The van der Waals surface area contributed by atoms with Gasteiger partial charge in [-0.05, 0) is 29.8 Å². The summed E-state index contributed by atoms with van der Waals surface area (Å²) in [5.41, 5.74) is 1.81. The molecule has 124 valence electrons. The molecule has 0 radical (unpaired) electrons. The van der Waals surface area contributed by atoms with Crippen molar-refractivity contribution >= 4 is 27.9 Å². The standard InChI is InChI=1S/C19H14FN3O2/c20-13-7-5-12(6-8-13)19(24)9-23(10-19)18-17-16(21-11-22-18)14-3-1-2-4-15(14)25-17/h1-8,11,24H,9-10H2. The number of anilines is 1. The van der Waals surface area contributed by atoms with Crippen molar-refractivity contribution < 1.29 is 13.9 Å². The molecule has 3 heterocycles. The second-order valence-corrected chi connectivity index (χ2v) is 6.37. The Morgan fingerprint density at radius 1 is 1.04 bits per heavy atom. The summed E-state index contributed by atoms with van der Waals surface area (Å²) in [5.74, 6) is 0.344. The Hall–Kier alpha value is -2.99. The first-order valence-corrected chi connectivity index (χ1v) is 8.00. The van der Waals surface area contributed by atoms with Crippen LogP contribution >= 0.6 is 0 Å². The quantitative estimate of drug-likeness (QED) is 0.609. The first kappa shape index (κ1) is 14.4. The first-order valence-electron chi connectivity index (χ1n) is 8.00. The highest BCUT2D eigenvalue weighted by Crippen LogP contribution is 2.39. The normalized spacial score (nSPS) is 16.3. The monoisotopic (exact) mass is 335 g/mol. The van der Waals surface area contributed by atoms with Gasteiger partial charge in [-0.3, -0.25) is 0 Å². The van der Waals surface area contributed by atoms with Gasteiger partial charge in [-0.15, -0.1) is 0 Å². The molecule has 5 rings (SSSR count). The Balaban J connectivity index is 1.52. The minimum atomic E-state index is -1.02. The topological polar surface area (TPSA) is 62.4 Å². The molecular weight excluding hydrogens is 321 g/mol. The summed E-state index contributed by atoms with van der Waals surface area (Å²) >= 11 is 0. The molecule has 1 saturated heterocycles. The van der Waals surface area contributed by atoms with Crippen molar-refractivity contribution in [2.75, 3.05) is 18.0 Å². The molecule has 0 atom stereocenters. The van der Waals surface area contributed by atoms with Crippen LogP contribution in [0.5, 0.6) is 0 Å². The molecular formula is C19H14FN3O2. The van der Waals surface area contributed by atoms with Crippen LogP contribution in [0.3, 0.4) is 0 Å². The van der Waals surface area contributed by atoms with Crippen LogP contribution in [0, 0.1) is 5.82 Å². The Kier molecular flexibility index (Phi) is 2.87. The van der Waals surface area contributed by atoms with E-state index < -0.39 is 5.60 Å². The van der Waals surface area contributed by atoms with Crippen LogP contribution in [0.25, 0.3) is 22.1 Å². The number of furan rings is 1. The van der Waals surface area contributed by atoms with Gasteiger partial charge in [0.1, 0.15) is 28.8 Å². The Morgan fingerprint density at radius 3 is 2.60 bits per heavy atom. The Labute approximate surface area is 142 Å². The van der Waals surface area contributed by atoms with Crippen molar-refractivity contribution in [3.63, 3.8) is 0 Å². The summed E-state index contributed by atoms with van der Waals surface area (Å²) in [7, 11) is 0. The number of rotatable bonds is 2. The van der Waals surface area contributed by atoms with Crippen molar-refractivity contribution in [2.45, 2.75) is 5.60 Å². The van der Waals surface area contributed by atoms with Gasteiger partial charge in [0.15, 0.2) is 11.4 Å². The van der Waals surface area contributed by atoms with Crippen LogP contribution in [0.15, 0.2) is 59.3 Å². The molecule has 0 bridgehead atoms. The SMILES string of the molecule is OC1(c2ccc(F)cc2)CN(c2ncnc3c2oc2ccccc23)C1. The zero-order valence-corrected chi connectivity index (χ0v) is 13.2. The van der Waals surface area contributed by atoms with Crippen LogP contribution in [0.2, 0.25) is 0 Å². The minimum Gasteiger partial charge on any atom is -0.450 e. The molecule has 1 N–H and O–H groups in total. The molecule has 0 spiro atoms. The fourth-order valence-corrected chi connectivity index (χ4v) is 3.41.